The van der Waals surface area contributed by atoms with Gasteiger partial charge in [-0.3, -0.25) is 4.79 Å². The van der Waals surface area contributed by atoms with Gasteiger partial charge in [-0.2, -0.15) is 0 Å². The average molecular weight is 367 g/mol. The van der Waals surface area contributed by atoms with Crippen molar-refractivity contribution >= 4 is 11.5 Å². The van der Waals surface area contributed by atoms with Crippen LogP contribution in [0.3, 0.4) is 0 Å². The van der Waals surface area contributed by atoms with Crippen LogP contribution in [0.4, 0.5) is 14.5 Å². The van der Waals surface area contributed by atoms with Crippen molar-refractivity contribution in [1.82, 2.24) is 0 Å². The first-order valence-electron chi connectivity index (χ1n) is 8.89. The van der Waals surface area contributed by atoms with E-state index in [0.29, 0.717) is 29.7 Å². The molecule has 3 rings (SSSR count). The molecule has 2 aromatic carbocycles. The van der Waals surface area contributed by atoms with Gasteiger partial charge >= 0.3 is 0 Å². The molecule has 0 amide bonds. The number of allylic oxidation sites excluding steroid dienone is 2. The van der Waals surface area contributed by atoms with E-state index in [9.17, 15) is 13.6 Å². The normalized spacial score (nSPS) is 20.9. The highest BCUT2D eigenvalue weighted by atomic mass is 19.1. The molecule has 27 heavy (non-hydrogen) atoms. The minimum atomic E-state index is -0.828. The lowest BCUT2D eigenvalue weighted by molar-refractivity contribution is -0.122. The largest absolute Gasteiger partial charge is 0.348 e. The van der Waals surface area contributed by atoms with E-state index in [1.165, 1.54) is 12.1 Å². The van der Waals surface area contributed by atoms with Crippen molar-refractivity contribution in [3.05, 3.63) is 89.2 Å². The van der Waals surface area contributed by atoms with Crippen LogP contribution in [0.5, 0.6) is 0 Å². The zero-order valence-electron chi connectivity index (χ0n) is 15.9. The van der Waals surface area contributed by atoms with E-state index in [1.54, 1.807) is 50.1 Å². The molecule has 0 aromatic heterocycles. The van der Waals surface area contributed by atoms with Gasteiger partial charge < -0.3 is 4.90 Å². The topological polar surface area (TPSA) is 20.3 Å². The summed E-state index contributed by atoms with van der Waals surface area (Å²) < 4.78 is 28.2. The van der Waals surface area contributed by atoms with E-state index in [2.05, 4.69) is 6.58 Å². The summed E-state index contributed by atoms with van der Waals surface area (Å²) in [6, 6.07) is 11.4. The Bertz CT molecular complexity index is 947. The lowest BCUT2D eigenvalue weighted by Gasteiger charge is -2.28. The first kappa shape index (κ1) is 19.0. The number of hydrogen-bond donors (Lipinski definition) is 0. The van der Waals surface area contributed by atoms with Crippen LogP contribution >= 0.6 is 0 Å². The van der Waals surface area contributed by atoms with Crippen LogP contribution in [0, 0.1) is 18.6 Å². The molecule has 0 saturated heterocycles. The van der Waals surface area contributed by atoms with Gasteiger partial charge in [-0.25, -0.2) is 8.78 Å². The quantitative estimate of drug-likeness (QED) is 0.714. The van der Waals surface area contributed by atoms with Crippen molar-refractivity contribution in [3.63, 3.8) is 0 Å². The number of carbonyl (C=O) groups excluding carboxylic acids is 1. The Hall–Kier alpha value is -2.75. The molecule has 0 spiro atoms. The molecule has 0 heterocycles. The van der Waals surface area contributed by atoms with Gasteiger partial charge in [0.15, 0.2) is 0 Å². The number of halogens is 2. The molecule has 0 aliphatic heterocycles. The zero-order valence-corrected chi connectivity index (χ0v) is 15.9. The van der Waals surface area contributed by atoms with E-state index in [-0.39, 0.29) is 17.4 Å². The number of rotatable bonds is 4. The molecule has 0 N–H and O–H groups in total. The lowest BCUT2D eigenvalue weighted by Crippen LogP contribution is -2.32. The number of para-hydroxylation sites is 1. The number of carbonyl (C=O) groups is 1. The van der Waals surface area contributed by atoms with Crippen LogP contribution in [0.25, 0.3) is 0 Å². The van der Waals surface area contributed by atoms with Crippen molar-refractivity contribution in [2.24, 2.45) is 0 Å². The number of anilines is 1. The fourth-order valence-corrected chi connectivity index (χ4v) is 3.92. The zero-order chi connectivity index (χ0) is 19.8. The molecule has 1 saturated carbocycles. The SMILES string of the molecule is C=C1C[C@](C(C)=O)(c2cccc(F)c2C)C/C1=C/N(C)c1ccccc1F. The second-order valence-corrected chi connectivity index (χ2v) is 7.22. The van der Waals surface area contributed by atoms with Crippen molar-refractivity contribution in [2.75, 3.05) is 11.9 Å². The maximum Gasteiger partial charge on any atom is 0.146 e. The highest BCUT2D eigenvalue weighted by Crippen LogP contribution is 2.48. The molecule has 0 radical (unpaired) electrons. The summed E-state index contributed by atoms with van der Waals surface area (Å²) in [6.45, 7) is 7.37. The highest BCUT2D eigenvalue weighted by Gasteiger charge is 2.45. The van der Waals surface area contributed by atoms with Gasteiger partial charge in [0.05, 0.1) is 11.1 Å². The maximum absolute atomic E-state index is 14.1. The van der Waals surface area contributed by atoms with E-state index in [1.807, 2.05) is 12.3 Å². The third-order valence-corrected chi connectivity index (χ3v) is 5.50. The summed E-state index contributed by atoms with van der Waals surface area (Å²) in [4.78, 5) is 14.4. The minimum Gasteiger partial charge on any atom is -0.348 e. The van der Waals surface area contributed by atoms with Gasteiger partial charge in [0.1, 0.15) is 17.4 Å². The number of ketones is 1. The van der Waals surface area contributed by atoms with Crippen molar-refractivity contribution in [3.8, 4) is 0 Å². The van der Waals surface area contributed by atoms with Crippen LogP contribution in [0.15, 0.2) is 66.4 Å². The lowest BCUT2D eigenvalue weighted by atomic mass is 9.73. The molecular formula is C23H23F2NO. The third-order valence-electron chi connectivity index (χ3n) is 5.50. The van der Waals surface area contributed by atoms with Crippen molar-refractivity contribution < 1.29 is 13.6 Å². The second-order valence-electron chi connectivity index (χ2n) is 7.22. The molecular weight excluding hydrogens is 344 g/mol. The molecule has 1 aliphatic carbocycles. The molecule has 1 atom stereocenters. The summed E-state index contributed by atoms with van der Waals surface area (Å²) in [5, 5.41) is 0. The van der Waals surface area contributed by atoms with E-state index in [4.69, 9.17) is 0 Å². The van der Waals surface area contributed by atoms with Crippen LogP contribution < -0.4 is 4.90 Å². The number of nitrogens with zero attached hydrogens (tertiary/aromatic N) is 1. The molecule has 1 aliphatic rings. The Morgan fingerprint density at radius 3 is 2.44 bits per heavy atom. The van der Waals surface area contributed by atoms with Crippen LogP contribution in [-0.4, -0.2) is 12.8 Å². The van der Waals surface area contributed by atoms with Crippen LogP contribution in [0.2, 0.25) is 0 Å². The van der Waals surface area contributed by atoms with Crippen molar-refractivity contribution in [1.29, 1.82) is 0 Å². The molecule has 140 valence electrons. The second kappa shape index (κ2) is 7.10. The summed E-state index contributed by atoms with van der Waals surface area (Å²) in [5.41, 5.74) is 2.50. The standard InChI is InChI=1S/C23H23F2NO/c1-15-12-23(17(3)27,19-8-7-10-20(24)16(19)2)13-18(15)14-26(4)22-11-6-5-9-21(22)25/h5-11,14H,1,12-13H2,2-4H3/b18-14-/t23-/m0/s1. The predicted molar refractivity (Wildman–Crippen MR) is 105 cm³/mol. The smallest absolute Gasteiger partial charge is 0.146 e. The predicted octanol–water partition coefficient (Wildman–Crippen LogP) is 5.47. The Labute approximate surface area is 158 Å². The fraction of sp³-hybridized carbons (Fsp3) is 0.261. The van der Waals surface area contributed by atoms with Crippen molar-refractivity contribution in [2.45, 2.75) is 32.1 Å². The van der Waals surface area contributed by atoms with Gasteiger partial charge in [-0.1, -0.05) is 30.8 Å². The Morgan fingerprint density at radius 2 is 1.78 bits per heavy atom. The fourth-order valence-electron chi connectivity index (χ4n) is 3.92. The molecule has 0 unspecified atom stereocenters. The molecule has 0 bridgehead atoms. The average Bonchev–Trinajstić information content (AvgIpc) is 2.95. The van der Waals surface area contributed by atoms with Crippen LogP contribution in [0.1, 0.15) is 30.9 Å². The van der Waals surface area contributed by atoms with E-state index in [0.717, 1.165) is 11.1 Å². The molecule has 2 nitrogen and oxygen atoms in total. The highest BCUT2D eigenvalue weighted by molar-refractivity contribution is 5.91. The van der Waals surface area contributed by atoms with E-state index >= 15 is 0 Å². The summed E-state index contributed by atoms with van der Waals surface area (Å²) >= 11 is 0. The minimum absolute atomic E-state index is 0.0192. The summed E-state index contributed by atoms with van der Waals surface area (Å²) in [6.07, 6.45) is 2.67. The molecule has 1 fully saturated rings. The van der Waals surface area contributed by atoms with Gasteiger partial charge in [0, 0.05) is 13.2 Å². The third kappa shape index (κ3) is 3.32. The first-order valence-corrected chi connectivity index (χ1v) is 8.89. The van der Waals surface area contributed by atoms with Gasteiger partial charge in [-0.05, 0) is 67.2 Å². The maximum atomic E-state index is 14.1. The van der Waals surface area contributed by atoms with Crippen LogP contribution in [-0.2, 0) is 10.2 Å². The van der Waals surface area contributed by atoms with Gasteiger partial charge in [0.2, 0.25) is 0 Å². The molecule has 2 aromatic rings. The molecule has 4 heteroatoms. The first-order chi connectivity index (χ1) is 12.8. The summed E-state index contributed by atoms with van der Waals surface area (Å²) in [5.74, 6) is -0.659. The Kier molecular flexibility index (Phi) is 5.01. The Morgan fingerprint density at radius 1 is 1.11 bits per heavy atom. The number of hydrogen-bond acceptors (Lipinski definition) is 2. The number of benzene rings is 2. The van der Waals surface area contributed by atoms with Gasteiger partial charge in [0.25, 0.3) is 0 Å². The number of Topliss-reactive ketones (excluding diaryl/α,β-unsaturated/α-hetero) is 1. The van der Waals surface area contributed by atoms with Gasteiger partial charge in [-0.15, -0.1) is 0 Å². The van der Waals surface area contributed by atoms with E-state index < -0.39 is 5.41 Å². The summed E-state index contributed by atoms with van der Waals surface area (Å²) in [7, 11) is 1.76. The monoisotopic (exact) mass is 367 g/mol. The Balaban J connectivity index is 2.02.